The standard InChI is InChI=1S/C50H42N4O6/c1-32(9-8-14-44(55)37-19-25-42-45(27-37)59-49(51-42)35-15-21-39(22-16-35)57-30-33-10-4-2-5-11-33)41-29-47(56)53-54-48(41)38-20-26-43-46(28-38)60-50(52-43)36-17-23-40(24-18-36)58-31-34-12-6-3-7-13-34/h2-7,10-13,15-28,32,41H,8-9,14,29-31H2,1H3,(H,53,56). The number of aromatic nitrogens is 2. The number of hydrogen-bond acceptors (Lipinski definition) is 9. The van der Waals surface area contributed by atoms with Gasteiger partial charge in [-0.25, -0.2) is 15.4 Å². The molecule has 10 nitrogen and oxygen atoms in total. The van der Waals surface area contributed by atoms with Crippen LogP contribution in [0.3, 0.4) is 0 Å². The van der Waals surface area contributed by atoms with E-state index in [-0.39, 0.29) is 23.5 Å². The molecule has 0 saturated heterocycles. The molecule has 1 aliphatic heterocycles. The van der Waals surface area contributed by atoms with Gasteiger partial charge in [0.05, 0.1) is 5.71 Å². The molecule has 2 atom stereocenters. The highest BCUT2D eigenvalue weighted by molar-refractivity contribution is 6.07. The van der Waals surface area contributed by atoms with E-state index in [1.165, 1.54) is 0 Å². The third kappa shape index (κ3) is 8.73. The summed E-state index contributed by atoms with van der Waals surface area (Å²) in [6, 6.07) is 46.6. The van der Waals surface area contributed by atoms with Gasteiger partial charge in [0.1, 0.15) is 35.7 Å². The lowest BCUT2D eigenvalue weighted by atomic mass is 9.80. The number of ketones is 1. The fourth-order valence-electron chi connectivity index (χ4n) is 7.53. The Morgan fingerprint density at radius 1 is 0.683 bits per heavy atom. The predicted octanol–water partition coefficient (Wildman–Crippen LogP) is 11.0. The van der Waals surface area contributed by atoms with E-state index in [1.807, 2.05) is 133 Å². The van der Waals surface area contributed by atoms with Gasteiger partial charge in [-0.1, -0.05) is 73.7 Å². The zero-order valence-electron chi connectivity index (χ0n) is 33.0. The van der Waals surface area contributed by atoms with Crippen molar-refractivity contribution in [2.75, 3.05) is 0 Å². The summed E-state index contributed by atoms with van der Waals surface area (Å²) in [6.07, 6.45) is 2.06. The van der Waals surface area contributed by atoms with Crippen molar-refractivity contribution in [2.24, 2.45) is 16.9 Å². The average molecular weight is 795 g/mol. The van der Waals surface area contributed by atoms with E-state index in [0.29, 0.717) is 66.5 Å². The second-order valence-corrected chi connectivity index (χ2v) is 15.1. The highest BCUT2D eigenvalue weighted by Gasteiger charge is 2.31. The van der Waals surface area contributed by atoms with Gasteiger partial charge < -0.3 is 18.3 Å². The lowest BCUT2D eigenvalue weighted by molar-refractivity contribution is -0.122. The van der Waals surface area contributed by atoms with E-state index in [4.69, 9.17) is 23.3 Å². The predicted molar refractivity (Wildman–Crippen MR) is 231 cm³/mol. The van der Waals surface area contributed by atoms with Crippen LogP contribution in [0, 0.1) is 11.8 Å². The van der Waals surface area contributed by atoms with E-state index in [1.54, 1.807) is 12.1 Å². The maximum Gasteiger partial charge on any atom is 0.240 e. The Hall–Kier alpha value is -7.33. The highest BCUT2D eigenvalue weighted by Crippen LogP contribution is 2.32. The van der Waals surface area contributed by atoms with Crippen LogP contribution in [0.1, 0.15) is 59.7 Å². The minimum atomic E-state index is -0.134. The topological polar surface area (TPSA) is 129 Å². The Kier molecular flexibility index (Phi) is 11.0. The zero-order valence-corrected chi connectivity index (χ0v) is 33.0. The Labute approximate surface area is 346 Å². The maximum absolute atomic E-state index is 13.4. The molecule has 10 heteroatoms. The monoisotopic (exact) mass is 794 g/mol. The Bertz CT molecular complexity index is 2790. The molecule has 3 heterocycles. The molecular formula is C50H42N4O6. The number of nitrogens with one attached hydrogen (secondary N) is 1. The summed E-state index contributed by atoms with van der Waals surface area (Å²) >= 11 is 0. The number of rotatable bonds is 15. The Morgan fingerprint density at radius 2 is 1.22 bits per heavy atom. The summed E-state index contributed by atoms with van der Waals surface area (Å²) in [6.45, 7) is 3.09. The van der Waals surface area contributed by atoms with Gasteiger partial charge >= 0.3 is 0 Å². The first-order chi connectivity index (χ1) is 29.4. The van der Waals surface area contributed by atoms with Crippen LogP contribution in [0.4, 0.5) is 0 Å². The van der Waals surface area contributed by atoms with E-state index in [9.17, 15) is 9.59 Å². The summed E-state index contributed by atoms with van der Waals surface area (Å²) < 4.78 is 24.2. The number of ether oxygens (including phenoxy) is 2. The van der Waals surface area contributed by atoms with Crippen molar-refractivity contribution in [3.8, 4) is 34.4 Å². The third-order valence-corrected chi connectivity index (χ3v) is 10.9. The van der Waals surface area contributed by atoms with Gasteiger partial charge in [0.2, 0.25) is 17.7 Å². The van der Waals surface area contributed by atoms with Crippen molar-refractivity contribution >= 4 is 39.6 Å². The van der Waals surface area contributed by atoms with E-state index in [2.05, 4.69) is 22.4 Å². The lowest BCUT2D eigenvalue weighted by Gasteiger charge is -2.28. The van der Waals surface area contributed by atoms with Crippen LogP contribution in [-0.2, 0) is 18.0 Å². The third-order valence-electron chi connectivity index (χ3n) is 10.9. The second-order valence-electron chi connectivity index (χ2n) is 15.1. The molecule has 2 aromatic heterocycles. The van der Waals surface area contributed by atoms with E-state index >= 15 is 0 Å². The van der Waals surface area contributed by atoms with Gasteiger partial charge in [0.15, 0.2) is 16.9 Å². The van der Waals surface area contributed by atoms with E-state index in [0.717, 1.165) is 57.0 Å². The molecule has 9 rings (SSSR count). The van der Waals surface area contributed by atoms with Crippen molar-refractivity contribution < 1.29 is 27.9 Å². The number of Topliss-reactive ketones (excluding diaryl/α,β-unsaturated/α-hetero) is 1. The quantitative estimate of drug-likeness (QED) is 0.102. The van der Waals surface area contributed by atoms with Crippen LogP contribution in [-0.4, -0.2) is 27.4 Å². The van der Waals surface area contributed by atoms with Gasteiger partial charge in [-0.15, -0.1) is 0 Å². The Balaban J connectivity index is 0.809. The van der Waals surface area contributed by atoms with Crippen LogP contribution < -0.4 is 14.9 Å². The molecule has 1 amide bonds. The zero-order chi connectivity index (χ0) is 40.8. The van der Waals surface area contributed by atoms with Crippen LogP contribution >= 0.6 is 0 Å². The number of carbonyl (C=O) groups is 2. The number of hydrogen-bond donors (Lipinski definition) is 1. The molecule has 0 spiro atoms. The summed E-state index contributed by atoms with van der Waals surface area (Å²) in [5.74, 6) is 2.34. The number of nitrogens with zero attached hydrogens (tertiary/aromatic N) is 3. The smallest absolute Gasteiger partial charge is 0.240 e. The molecule has 60 heavy (non-hydrogen) atoms. The van der Waals surface area contributed by atoms with Crippen LogP contribution in [0.2, 0.25) is 0 Å². The van der Waals surface area contributed by atoms with Crippen molar-refractivity contribution in [1.82, 2.24) is 15.4 Å². The maximum atomic E-state index is 13.4. The van der Waals surface area contributed by atoms with Crippen LogP contribution in [0.25, 0.3) is 45.1 Å². The molecule has 0 fully saturated rings. The fourth-order valence-corrected chi connectivity index (χ4v) is 7.53. The van der Waals surface area contributed by atoms with Gasteiger partial charge in [-0.05, 0) is 109 Å². The largest absolute Gasteiger partial charge is 0.489 e. The molecule has 1 N–H and O–H groups in total. The number of fused-ring (bicyclic) bond motifs is 2. The van der Waals surface area contributed by atoms with Crippen molar-refractivity contribution in [3.63, 3.8) is 0 Å². The molecule has 0 radical (unpaired) electrons. The lowest BCUT2D eigenvalue weighted by Crippen LogP contribution is -2.36. The molecule has 0 bridgehead atoms. The number of benzene rings is 6. The van der Waals surface area contributed by atoms with E-state index < -0.39 is 0 Å². The van der Waals surface area contributed by atoms with Gasteiger partial charge in [-0.3, -0.25) is 9.59 Å². The first-order valence-corrected chi connectivity index (χ1v) is 20.2. The molecular weight excluding hydrogens is 753 g/mol. The average Bonchev–Trinajstić information content (AvgIpc) is 3.93. The molecule has 8 aromatic rings. The molecule has 2 unspecified atom stereocenters. The van der Waals surface area contributed by atoms with Crippen molar-refractivity contribution in [1.29, 1.82) is 0 Å². The molecule has 0 aliphatic carbocycles. The minimum absolute atomic E-state index is 0.0261. The van der Waals surface area contributed by atoms with Crippen LogP contribution in [0.15, 0.2) is 160 Å². The molecule has 0 saturated carbocycles. The number of amides is 1. The first kappa shape index (κ1) is 38.2. The summed E-state index contributed by atoms with van der Waals surface area (Å²) in [7, 11) is 0. The molecule has 6 aromatic carbocycles. The Morgan fingerprint density at radius 3 is 1.80 bits per heavy atom. The number of hydrazone groups is 1. The van der Waals surface area contributed by atoms with Gasteiger partial charge in [-0.2, -0.15) is 5.10 Å². The second kappa shape index (κ2) is 17.3. The molecule has 298 valence electrons. The highest BCUT2D eigenvalue weighted by atomic mass is 16.5. The SMILES string of the molecule is CC(CCCC(=O)c1ccc2nc(-c3ccc(OCc4ccccc4)cc3)oc2c1)C1CC(=O)NN=C1c1ccc2nc(-c3ccc(OCc4ccccc4)cc3)oc2c1. The van der Waals surface area contributed by atoms with Crippen molar-refractivity contribution in [3.05, 3.63) is 168 Å². The number of oxazole rings is 2. The van der Waals surface area contributed by atoms with Gasteiger partial charge in [0, 0.05) is 41.0 Å². The van der Waals surface area contributed by atoms with Crippen LogP contribution in [0.5, 0.6) is 11.5 Å². The first-order valence-electron chi connectivity index (χ1n) is 20.2. The number of carbonyl (C=O) groups excluding carboxylic acids is 2. The minimum Gasteiger partial charge on any atom is -0.489 e. The summed E-state index contributed by atoms with van der Waals surface area (Å²) in [4.78, 5) is 35.4. The molecule has 1 aliphatic rings. The van der Waals surface area contributed by atoms with Crippen molar-refractivity contribution in [2.45, 2.75) is 45.8 Å². The summed E-state index contributed by atoms with van der Waals surface area (Å²) in [5, 5.41) is 4.52. The normalized spacial score (nSPS) is 14.4. The fraction of sp³-hybridized carbons (Fsp3) is 0.180. The van der Waals surface area contributed by atoms with Gasteiger partial charge in [0.25, 0.3) is 0 Å². The summed E-state index contributed by atoms with van der Waals surface area (Å²) in [5.41, 5.74) is 11.3.